The molecule has 1 fully saturated rings. The van der Waals surface area contributed by atoms with Crippen LogP contribution < -0.4 is 14.5 Å². The zero-order valence-electron chi connectivity index (χ0n) is 13.4. The molecule has 0 spiro atoms. The van der Waals surface area contributed by atoms with E-state index in [-0.39, 0.29) is 5.82 Å². The van der Waals surface area contributed by atoms with Crippen LogP contribution in [0, 0.1) is 5.82 Å². The van der Waals surface area contributed by atoms with Gasteiger partial charge in [0.1, 0.15) is 11.6 Å². The minimum absolute atomic E-state index is 0.274. The molecule has 3 aromatic rings. The van der Waals surface area contributed by atoms with Gasteiger partial charge in [0.05, 0.1) is 23.0 Å². The van der Waals surface area contributed by atoms with E-state index in [0.717, 1.165) is 42.5 Å². The van der Waals surface area contributed by atoms with Gasteiger partial charge in [0, 0.05) is 32.2 Å². The number of hydrogen-bond acceptors (Lipinski definition) is 5. The second-order valence-corrected chi connectivity index (χ2v) is 6.76. The number of halogens is 1. The van der Waals surface area contributed by atoms with Crippen LogP contribution in [-0.4, -0.2) is 38.3 Å². The van der Waals surface area contributed by atoms with E-state index in [9.17, 15) is 4.39 Å². The van der Waals surface area contributed by atoms with Crippen LogP contribution in [0.5, 0.6) is 5.75 Å². The van der Waals surface area contributed by atoms with Crippen molar-refractivity contribution in [3.63, 3.8) is 0 Å². The first kappa shape index (κ1) is 15.2. The van der Waals surface area contributed by atoms with Crippen molar-refractivity contribution in [2.75, 3.05) is 43.1 Å². The van der Waals surface area contributed by atoms with Gasteiger partial charge in [-0.1, -0.05) is 23.5 Å². The molecule has 0 aliphatic carbocycles. The number of methoxy groups -OCH3 is 1. The van der Waals surface area contributed by atoms with Gasteiger partial charge in [0.2, 0.25) is 0 Å². The summed E-state index contributed by atoms with van der Waals surface area (Å²) in [6, 6.07) is 12.9. The normalized spacial score (nSPS) is 15.1. The number of piperazine rings is 1. The van der Waals surface area contributed by atoms with E-state index in [2.05, 4.69) is 21.9 Å². The number of fused-ring (bicyclic) bond motifs is 1. The molecule has 0 unspecified atom stereocenters. The molecule has 1 aliphatic rings. The number of benzene rings is 2. The smallest absolute Gasteiger partial charge is 0.186 e. The summed E-state index contributed by atoms with van der Waals surface area (Å²) in [6.45, 7) is 3.50. The average molecular weight is 343 g/mol. The Bertz CT molecular complexity index is 825. The molecule has 0 saturated carbocycles. The van der Waals surface area contributed by atoms with Gasteiger partial charge in [-0.3, -0.25) is 0 Å². The van der Waals surface area contributed by atoms with Gasteiger partial charge >= 0.3 is 0 Å². The number of rotatable bonds is 3. The molecule has 4 nitrogen and oxygen atoms in total. The van der Waals surface area contributed by atoms with Crippen molar-refractivity contribution in [3.05, 3.63) is 48.3 Å². The molecular formula is C18H18FN3OS. The molecule has 0 N–H and O–H groups in total. The summed E-state index contributed by atoms with van der Waals surface area (Å²) >= 11 is 1.73. The highest BCUT2D eigenvalue weighted by Gasteiger charge is 2.22. The zero-order valence-corrected chi connectivity index (χ0v) is 14.2. The molecule has 4 rings (SSSR count). The first-order valence-electron chi connectivity index (χ1n) is 7.93. The van der Waals surface area contributed by atoms with E-state index >= 15 is 0 Å². The number of thiazole rings is 1. The standard InChI is InChI=1S/C18H18FN3OS/c1-23-16-12-13(19)6-7-15(16)21-8-10-22(11-9-21)18-20-14-4-2-3-5-17(14)24-18/h2-7,12H,8-11H2,1H3. The van der Waals surface area contributed by atoms with Crippen LogP contribution in [0.25, 0.3) is 10.2 Å². The lowest BCUT2D eigenvalue weighted by molar-refractivity contribution is 0.410. The van der Waals surface area contributed by atoms with Crippen molar-refractivity contribution in [2.24, 2.45) is 0 Å². The highest BCUT2D eigenvalue weighted by atomic mass is 32.1. The molecular weight excluding hydrogens is 325 g/mol. The third-order valence-corrected chi connectivity index (χ3v) is 5.41. The lowest BCUT2D eigenvalue weighted by atomic mass is 10.2. The number of anilines is 2. The SMILES string of the molecule is COc1cc(F)ccc1N1CCN(c2nc3ccccc3s2)CC1. The average Bonchev–Trinajstić information content (AvgIpc) is 3.06. The maximum Gasteiger partial charge on any atom is 0.186 e. The van der Waals surface area contributed by atoms with E-state index in [1.165, 1.54) is 16.8 Å². The van der Waals surface area contributed by atoms with Gasteiger partial charge in [-0.05, 0) is 24.3 Å². The third kappa shape index (κ3) is 2.78. The number of para-hydroxylation sites is 1. The molecule has 0 amide bonds. The number of aromatic nitrogens is 1. The third-order valence-electron chi connectivity index (χ3n) is 4.32. The topological polar surface area (TPSA) is 28.6 Å². The summed E-state index contributed by atoms with van der Waals surface area (Å²) in [4.78, 5) is 9.29. The van der Waals surface area contributed by atoms with Crippen LogP contribution in [0.3, 0.4) is 0 Å². The Morgan fingerprint density at radius 1 is 1.04 bits per heavy atom. The van der Waals surface area contributed by atoms with E-state index in [0.29, 0.717) is 5.75 Å². The quantitative estimate of drug-likeness (QED) is 0.724. The highest BCUT2D eigenvalue weighted by molar-refractivity contribution is 7.22. The molecule has 0 radical (unpaired) electrons. The monoisotopic (exact) mass is 343 g/mol. The summed E-state index contributed by atoms with van der Waals surface area (Å²) in [5, 5.41) is 1.07. The maximum atomic E-state index is 13.4. The van der Waals surface area contributed by atoms with E-state index in [4.69, 9.17) is 9.72 Å². The predicted molar refractivity (Wildman–Crippen MR) is 97.0 cm³/mol. The first-order valence-corrected chi connectivity index (χ1v) is 8.75. The zero-order chi connectivity index (χ0) is 16.5. The van der Waals surface area contributed by atoms with E-state index in [1.807, 2.05) is 12.1 Å². The second-order valence-electron chi connectivity index (χ2n) is 5.75. The molecule has 1 saturated heterocycles. The molecule has 124 valence electrons. The highest BCUT2D eigenvalue weighted by Crippen LogP contribution is 2.32. The lowest BCUT2D eigenvalue weighted by Gasteiger charge is -2.36. The fraction of sp³-hybridized carbons (Fsp3) is 0.278. The summed E-state index contributed by atoms with van der Waals surface area (Å²) in [5.74, 6) is 0.312. The van der Waals surface area contributed by atoms with Crippen LogP contribution in [0.4, 0.5) is 15.2 Å². The van der Waals surface area contributed by atoms with Crippen molar-refractivity contribution in [1.29, 1.82) is 0 Å². The van der Waals surface area contributed by atoms with Crippen molar-refractivity contribution in [3.8, 4) is 5.75 Å². The van der Waals surface area contributed by atoms with Crippen molar-refractivity contribution in [1.82, 2.24) is 4.98 Å². The van der Waals surface area contributed by atoms with Gasteiger partial charge in [-0.25, -0.2) is 9.37 Å². The van der Waals surface area contributed by atoms with E-state index in [1.54, 1.807) is 24.5 Å². The Balaban J connectivity index is 1.50. The molecule has 2 heterocycles. The molecule has 0 bridgehead atoms. The number of hydrogen-bond donors (Lipinski definition) is 0. The van der Waals surface area contributed by atoms with Gasteiger partial charge < -0.3 is 14.5 Å². The Morgan fingerprint density at radius 2 is 1.79 bits per heavy atom. The van der Waals surface area contributed by atoms with Crippen LogP contribution in [0.1, 0.15) is 0 Å². The fourth-order valence-electron chi connectivity index (χ4n) is 3.05. The van der Waals surface area contributed by atoms with E-state index < -0.39 is 0 Å². The molecule has 1 aliphatic heterocycles. The van der Waals surface area contributed by atoms with Crippen LogP contribution >= 0.6 is 11.3 Å². The second kappa shape index (κ2) is 6.28. The predicted octanol–water partition coefficient (Wildman–Crippen LogP) is 3.77. The van der Waals surface area contributed by atoms with Crippen molar-refractivity contribution < 1.29 is 9.13 Å². The fourth-order valence-corrected chi connectivity index (χ4v) is 4.06. The Hall–Kier alpha value is -2.34. The summed E-state index contributed by atoms with van der Waals surface area (Å²) in [5.41, 5.74) is 2.00. The summed E-state index contributed by atoms with van der Waals surface area (Å²) in [6.07, 6.45) is 0. The van der Waals surface area contributed by atoms with Crippen LogP contribution in [0.15, 0.2) is 42.5 Å². The molecule has 1 aromatic heterocycles. The Labute approximate surface area is 144 Å². The molecule has 6 heteroatoms. The minimum Gasteiger partial charge on any atom is -0.494 e. The minimum atomic E-state index is -0.274. The van der Waals surface area contributed by atoms with Crippen LogP contribution in [-0.2, 0) is 0 Å². The van der Waals surface area contributed by atoms with Gasteiger partial charge in [-0.2, -0.15) is 0 Å². The number of nitrogens with zero attached hydrogens (tertiary/aromatic N) is 3. The summed E-state index contributed by atoms with van der Waals surface area (Å²) in [7, 11) is 1.58. The lowest BCUT2D eigenvalue weighted by Crippen LogP contribution is -2.46. The summed E-state index contributed by atoms with van der Waals surface area (Å²) < 4.78 is 19.9. The number of ether oxygens (including phenoxy) is 1. The Kier molecular flexibility index (Phi) is 3.98. The van der Waals surface area contributed by atoms with Crippen LogP contribution in [0.2, 0.25) is 0 Å². The largest absolute Gasteiger partial charge is 0.494 e. The van der Waals surface area contributed by atoms with Gasteiger partial charge in [0.25, 0.3) is 0 Å². The van der Waals surface area contributed by atoms with Crippen molar-refractivity contribution in [2.45, 2.75) is 0 Å². The molecule has 24 heavy (non-hydrogen) atoms. The first-order chi connectivity index (χ1) is 11.7. The van der Waals surface area contributed by atoms with Crippen molar-refractivity contribution >= 4 is 32.4 Å². The maximum absolute atomic E-state index is 13.4. The van der Waals surface area contributed by atoms with Gasteiger partial charge in [-0.15, -0.1) is 0 Å². The Morgan fingerprint density at radius 3 is 2.54 bits per heavy atom. The molecule has 0 atom stereocenters. The van der Waals surface area contributed by atoms with Gasteiger partial charge in [0.15, 0.2) is 5.13 Å². The molecule has 2 aromatic carbocycles.